The van der Waals surface area contributed by atoms with Crippen molar-refractivity contribution in [3.05, 3.63) is 47.8 Å². The van der Waals surface area contributed by atoms with Gasteiger partial charge in [-0.05, 0) is 42.8 Å². The molecule has 0 saturated carbocycles. The van der Waals surface area contributed by atoms with Gasteiger partial charge >= 0.3 is 6.09 Å². The van der Waals surface area contributed by atoms with Crippen LogP contribution in [0.4, 0.5) is 10.7 Å². The maximum Gasteiger partial charge on any atom is 0.414 e. The first kappa shape index (κ1) is 20.8. The van der Waals surface area contributed by atoms with Crippen LogP contribution in [0, 0.1) is 0 Å². The van der Waals surface area contributed by atoms with Gasteiger partial charge in [-0.1, -0.05) is 29.4 Å². The molecule has 2 heterocycles. The number of aromatic nitrogens is 6. The van der Waals surface area contributed by atoms with Gasteiger partial charge < -0.3 is 9.57 Å². The van der Waals surface area contributed by atoms with Gasteiger partial charge in [-0.25, -0.2) is 19.4 Å². The van der Waals surface area contributed by atoms with Crippen molar-refractivity contribution in [2.45, 2.75) is 33.0 Å². The standard InChI is InChI=1S/C19H22N8O3/c1-19(2,3)30-18(28)23-17-20-10-9-15(22-17)12-29-21-11-13-5-7-14(8-6-13)16-24-25-26-27(16)4/h5-11H,12H2,1-4H3,(H,20,22,23,28)/b21-11-. The predicted octanol–water partition coefficient (Wildman–Crippen LogP) is 2.56. The van der Waals surface area contributed by atoms with Crippen molar-refractivity contribution in [2.24, 2.45) is 12.2 Å². The molecule has 0 atom stereocenters. The number of amides is 1. The molecule has 0 fully saturated rings. The zero-order valence-corrected chi connectivity index (χ0v) is 17.1. The maximum absolute atomic E-state index is 11.8. The van der Waals surface area contributed by atoms with Crippen LogP contribution in [-0.4, -0.2) is 48.1 Å². The van der Waals surface area contributed by atoms with Gasteiger partial charge in [0, 0.05) is 18.8 Å². The average Bonchev–Trinajstić information content (AvgIpc) is 3.10. The number of benzene rings is 1. The molecular weight excluding hydrogens is 388 g/mol. The first-order chi connectivity index (χ1) is 14.3. The van der Waals surface area contributed by atoms with Crippen LogP contribution >= 0.6 is 0 Å². The van der Waals surface area contributed by atoms with Gasteiger partial charge in [0.05, 0.1) is 11.9 Å². The number of nitrogens with zero attached hydrogens (tertiary/aromatic N) is 7. The predicted molar refractivity (Wildman–Crippen MR) is 109 cm³/mol. The Bertz CT molecular complexity index is 1020. The van der Waals surface area contributed by atoms with Gasteiger partial charge in [-0.3, -0.25) is 5.32 Å². The average molecular weight is 410 g/mol. The molecule has 0 bridgehead atoms. The Morgan fingerprint density at radius 2 is 2.00 bits per heavy atom. The normalized spacial score (nSPS) is 11.5. The molecule has 0 aliphatic carbocycles. The monoisotopic (exact) mass is 410 g/mol. The number of aryl methyl sites for hydroxylation is 1. The quantitative estimate of drug-likeness (QED) is 0.485. The van der Waals surface area contributed by atoms with E-state index in [0.29, 0.717) is 11.5 Å². The molecule has 1 N–H and O–H groups in total. The number of ether oxygens (including phenoxy) is 1. The Labute approximate surface area is 173 Å². The van der Waals surface area contributed by atoms with Gasteiger partial charge in [0.1, 0.15) is 5.60 Å². The summed E-state index contributed by atoms with van der Waals surface area (Å²) in [6.07, 6.45) is 2.47. The highest BCUT2D eigenvalue weighted by molar-refractivity contribution is 5.82. The molecule has 0 aliphatic heterocycles. The van der Waals surface area contributed by atoms with E-state index in [0.717, 1.165) is 11.1 Å². The maximum atomic E-state index is 11.8. The van der Waals surface area contributed by atoms with Crippen molar-refractivity contribution < 1.29 is 14.4 Å². The van der Waals surface area contributed by atoms with Gasteiger partial charge in [0.2, 0.25) is 5.95 Å². The Kier molecular flexibility index (Phi) is 6.30. The van der Waals surface area contributed by atoms with Gasteiger partial charge in [0.15, 0.2) is 12.4 Å². The minimum Gasteiger partial charge on any atom is -0.444 e. The summed E-state index contributed by atoms with van der Waals surface area (Å²) in [5, 5.41) is 17.8. The van der Waals surface area contributed by atoms with Gasteiger partial charge in [-0.15, -0.1) is 5.10 Å². The minimum absolute atomic E-state index is 0.116. The van der Waals surface area contributed by atoms with Crippen molar-refractivity contribution in [3.63, 3.8) is 0 Å². The first-order valence-electron chi connectivity index (χ1n) is 9.10. The molecule has 156 valence electrons. The lowest BCUT2D eigenvalue weighted by atomic mass is 10.1. The van der Waals surface area contributed by atoms with Crippen LogP contribution in [-0.2, 0) is 23.2 Å². The number of carbonyl (C=O) groups is 1. The number of oxime groups is 1. The summed E-state index contributed by atoms with van der Waals surface area (Å²) in [6, 6.07) is 9.21. The number of carbonyl (C=O) groups excluding carboxylic acids is 1. The molecule has 1 aromatic carbocycles. The van der Waals surface area contributed by atoms with Crippen LogP contribution in [0.2, 0.25) is 0 Å². The van der Waals surface area contributed by atoms with E-state index in [2.05, 4.69) is 36.0 Å². The minimum atomic E-state index is -0.626. The summed E-state index contributed by atoms with van der Waals surface area (Å²) in [7, 11) is 1.78. The fourth-order valence-corrected chi connectivity index (χ4v) is 2.33. The number of nitrogens with one attached hydrogen (secondary N) is 1. The van der Waals surface area contributed by atoms with E-state index in [4.69, 9.17) is 9.57 Å². The molecule has 0 radical (unpaired) electrons. The first-order valence-corrected chi connectivity index (χ1v) is 9.10. The van der Waals surface area contributed by atoms with Gasteiger partial charge in [-0.2, -0.15) is 0 Å². The molecule has 0 aliphatic rings. The molecule has 2 aromatic heterocycles. The third kappa shape index (κ3) is 6.06. The highest BCUT2D eigenvalue weighted by atomic mass is 16.6. The fourth-order valence-electron chi connectivity index (χ4n) is 2.33. The van der Waals surface area contributed by atoms with Crippen LogP contribution in [0.15, 0.2) is 41.7 Å². The molecule has 11 heteroatoms. The summed E-state index contributed by atoms with van der Waals surface area (Å²) in [5.41, 5.74) is 1.69. The van der Waals surface area contributed by atoms with E-state index in [1.165, 1.54) is 6.20 Å². The lowest BCUT2D eigenvalue weighted by Crippen LogP contribution is -2.27. The molecular formula is C19H22N8O3. The number of anilines is 1. The van der Waals surface area contributed by atoms with E-state index in [9.17, 15) is 4.79 Å². The number of hydrogen-bond acceptors (Lipinski definition) is 9. The van der Waals surface area contributed by atoms with Crippen LogP contribution in [0.25, 0.3) is 11.4 Å². The third-order valence-electron chi connectivity index (χ3n) is 3.60. The molecule has 11 nitrogen and oxygen atoms in total. The van der Waals surface area contributed by atoms with Crippen molar-refractivity contribution in [3.8, 4) is 11.4 Å². The second-order valence-electron chi connectivity index (χ2n) is 7.25. The number of tetrazole rings is 1. The Morgan fingerprint density at radius 3 is 2.67 bits per heavy atom. The van der Waals surface area contributed by atoms with Crippen LogP contribution in [0.1, 0.15) is 32.0 Å². The number of hydrogen-bond donors (Lipinski definition) is 1. The molecule has 3 rings (SSSR count). The Morgan fingerprint density at radius 1 is 1.23 bits per heavy atom. The molecule has 0 spiro atoms. The summed E-state index contributed by atoms with van der Waals surface area (Å²) in [4.78, 5) is 25.3. The van der Waals surface area contributed by atoms with E-state index in [-0.39, 0.29) is 12.6 Å². The largest absolute Gasteiger partial charge is 0.444 e. The SMILES string of the molecule is Cn1nnnc1-c1ccc(/C=N\OCc2ccnc(NC(=O)OC(C)(C)C)n2)cc1. The topological polar surface area (TPSA) is 129 Å². The smallest absolute Gasteiger partial charge is 0.414 e. The lowest BCUT2D eigenvalue weighted by molar-refractivity contribution is 0.0634. The van der Waals surface area contributed by atoms with E-state index < -0.39 is 11.7 Å². The Balaban J connectivity index is 1.52. The van der Waals surface area contributed by atoms with Gasteiger partial charge in [0.25, 0.3) is 0 Å². The van der Waals surface area contributed by atoms with E-state index in [1.54, 1.807) is 44.8 Å². The van der Waals surface area contributed by atoms with E-state index in [1.807, 2.05) is 24.3 Å². The third-order valence-corrected chi connectivity index (χ3v) is 3.60. The number of rotatable bonds is 6. The molecule has 0 saturated heterocycles. The zero-order chi connectivity index (χ0) is 21.6. The highest BCUT2D eigenvalue weighted by Crippen LogP contribution is 2.15. The fraction of sp³-hybridized carbons (Fsp3) is 0.316. The van der Waals surface area contributed by atoms with Crippen LogP contribution < -0.4 is 5.32 Å². The van der Waals surface area contributed by atoms with Crippen molar-refractivity contribution in [2.75, 3.05) is 5.32 Å². The summed E-state index contributed by atoms with van der Waals surface area (Å²) in [5.74, 6) is 0.803. The second-order valence-corrected chi connectivity index (χ2v) is 7.25. The molecule has 0 unspecified atom stereocenters. The highest BCUT2D eigenvalue weighted by Gasteiger charge is 2.17. The molecule has 3 aromatic rings. The summed E-state index contributed by atoms with van der Waals surface area (Å²) >= 11 is 0. The Hall–Kier alpha value is -3.89. The summed E-state index contributed by atoms with van der Waals surface area (Å²) in [6.45, 7) is 5.44. The summed E-state index contributed by atoms with van der Waals surface area (Å²) < 4.78 is 6.77. The van der Waals surface area contributed by atoms with E-state index >= 15 is 0 Å². The zero-order valence-electron chi connectivity index (χ0n) is 17.1. The van der Waals surface area contributed by atoms with Crippen molar-refractivity contribution in [1.29, 1.82) is 0 Å². The van der Waals surface area contributed by atoms with Crippen molar-refractivity contribution >= 4 is 18.3 Å². The lowest BCUT2D eigenvalue weighted by Gasteiger charge is -2.19. The van der Waals surface area contributed by atoms with Crippen LogP contribution in [0.5, 0.6) is 0 Å². The van der Waals surface area contributed by atoms with Crippen LogP contribution in [0.3, 0.4) is 0 Å². The van der Waals surface area contributed by atoms with Crippen molar-refractivity contribution in [1.82, 2.24) is 30.2 Å². The molecule has 30 heavy (non-hydrogen) atoms. The second kappa shape index (κ2) is 9.07. The molecule has 1 amide bonds.